The van der Waals surface area contributed by atoms with E-state index in [1.807, 2.05) is 6.08 Å². The second-order valence-electron chi connectivity index (χ2n) is 6.18. The van der Waals surface area contributed by atoms with Crippen LogP contribution in [0.3, 0.4) is 0 Å². The van der Waals surface area contributed by atoms with Crippen LogP contribution in [0.1, 0.15) is 39.5 Å². The lowest BCUT2D eigenvalue weighted by Crippen LogP contribution is -2.49. The predicted molar refractivity (Wildman–Crippen MR) is 79.5 cm³/mol. The van der Waals surface area contributed by atoms with E-state index in [4.69, 9.17) is 10.8 Å². The fourth-order valence-corrected chi connectivity index (χ4v) is 2.41. The zero-order valence-corrected chi connectivity index (χ0v) is 12.7. The van der Waals surface area contributed by atoms with Crippen molar-refractivity contribution in [2.24, 2.45) is 17.1 Å². The molecule has 0 aliphatic heterocycles. The number of aliphatic hydroxyl groups excluding tert-OH is 1. The number of allylic oxidation sites excluding steroid dienone is 1. The molecule has 1 rings (SSSR count). The summed E-state index contributed by atoms with van der Waals surface area (Å²) in [4.78, 5) is 21.3. The number of aldehydes is 1. The molecule has 0 aromatic heterocycles. The van der Waals surface area contributed by atoms with Gasteiger partial charge in [0.05, 0.1) is 18.5 Å². The molecule has 0 amide bonds. The maximum atomic E-state index is 10.7. The highest BCUT2D eigenvalue weighted by Gasteiger charge is 2.43. The molecule has 2 unspecified atom stereocenters. The Balaban J connectivity index is 2.41. The van der Waals surface area contributed by atoms with Crippen LogP contribution in [-0.2, 0) is 9.59 Å². The van der Waals surface area contributed by atoms with Gasteiger partial charge in [0.25, 0.3) is 0 Å². The first-order valence-corrected chi connectivity index (χ1v) is 7.34. The number of hydrogen-bond donors (Lipinski definition) is 4. The Hall–Kier alpha value is -1.24. The van der Waals surface area contributed by atoms with Gasteiger partial charge in [0, 0.05) is 0 Å². The summed E-state index contributed by atoms with van der Waals surface area (Å²) in [5, 5.41) is 21.0. The first kappa shape index (κ1) is 17.8. The Bertz CT molecular complexity index is 391. The average molecular weight is 298 g/mol. The van der Waals surface area contributed by atoms with Gasteiger partial charge in [0.15, 0.2) is 0 Å². The fourth-order valence-electron chi connectivity index (χ4n) is 2.41. The quantitative estimate of drug-likeness (QED) is 0.267. The van der Waals surface area contributed by atoms with Crippen LogP contribution in [0.15, 0.2) is 12.2 Å². The molecular formula is C15H26N2O4. The van der Waals surface area contributed by atoms with Crippen LogP contribution >= 0.6 is 0 Å². The van der Waals surface area contributed by atoms with Crippen LogP contribution in [-0.4, -0.2) is 40.8 Å². The number of nitrogens with two attached hydrogens (primary N) is 1. The van der Waals surface area contributed by atoms with Gasteiger partial charge in [-0.15, -0.1) is 0 Å². The zero-order chi connectivity index (χ0) is 16.0. The Morgan fingerprint density at radius 1 is 1.43 bits per heavy atom. The number of aliphatic hydroxyl groups is 1. The van der Waals surface area contributed by atoms with Crippen molar-refractivity contribution in [3.05, 3.63) is 12.2 Å². The standard InChI is InChI=1S/C15H26N2O4/c1-10(2)15(6-7-15)5-3-4-12(16)14(21)17-11(9-18)8-13(19)20/h3-4,9-12,14,17,21H,5-8,16H2,1-2H3,(H,19,20)/t11-,12?,14?/m0/s1. The van der Waals surface area contributed by atoms with Gasteiger partial charge in [-0.1, -0.05) is 26.0 Å². The Kier molecular flexibility index (Phi) is 6.51. The predicted octanol–water partition coefficient (Wildman–Crippen LogP) is 0.646. The van der Waals surface area contributed by atoms with Gasteiger partial charge in [-0.05, 0) is 30.6 Å². The van der Waals surface area contributed by atoms with Gasteiger partial charge >= 0.3 is 5.97 Å². The van der Waals surface area contributed by atoms with Crippen LogP contribution in [0.25, 0.3) is 0 Å². The van der Waals surface area contributed by atoms with E-state index in [0.717, 1.165) is 6.42 Å². The molecule has 0 spiro atoms. The Labute approximate surface area is 125 Å². The molecule has 21 heavy (non-hydrogen) atoms. The lowest BCUT2D eigenvalue weighted by atomic mass is 9.89. The minimum absolute atomic E-state index is 0.378. The molecule has 0 saturated heterocycles. The summed E-state index contributed by atoms with van der Waals surface area (Å²) in [7, 11) is 0. The highest BCUT2D eigenvalue weighted by atomic mass is 16.4. The van der Waals surface area contributed by atoms with E-state index in [2.05, 4.69) is 19.2 Å². The summed E-state index contributed by atoms with van der Waals surface area (Å²) >= 11 is 0. The van der Waals surface area contributed by atoms with E-state index in [9.17, 15) is 14.7 Å². The molecule has 3 atom stereocenters. The smallest absolute Gasteiger partial charge is 0.305 e. The van der Waals surface area contributed by atoms with Crippen LogP contribution in [0.5, 0.6) is 0 Å². The third-order valence-electron chi connectivity index (χ3n) is 4.31. The second kappa shape index (κ2) is 7.68. The van der Waals surface area contributed by atoms with Gasteiger partial charge < -0.3 is 20.7 Å². The van der Waals surface area contributed by atoms with Gasteiger partial charge in [-0.25, -0.2) is 0 Å². The van der Waals surface area contributed by atoms with Crippen molar-refractivity contribution >= 4 is 12.3 Å². The lowest BCUT2D eigenvalue weighted by Gasteiger charge is -2.21. The molecule has 0 bridgehead atoms. The second-order valence-corrected chi connectivity index (χ2v) is 6.18. The number of rotatable bonds is 10. The summed E-state index contributed by atoms with van der Waals surface area (Å²) in [6, 6.07) is -1.62. The molecule has 1 aliphatic rings. The number of carboxylic acid groups (broad SMARTS) is 1. The number of aliphatic carboxylic acids is 1. The van der Waals surface area contributed by atoms with Crippen LogP contribution in [0, 0.1) is 11.3 Å². The van der Waals surface area contributed by atoms with E-state index in [1.165, 1.54) is 12.8 Å². The third kappa shape index (κ3) is 5.57. The van der Waals surface area contributed by atoms with Gasteiger partial charge in [-0.3, -0.25) is 10.1 Å². The summed E-state index contributed by atoms with van der Waals surface area (Å²) in [6.07, 6.45) is 5.98. The molecule has 6 nitrogen and oxygen atoms in total. The molecule has 0 radical (unpaired) electrons. The van der Waals surface area contributed by atoms with Gasteiger partial charge in [0.2, 0.25) is 0 Å². The number of carbonyl (C=O) groups excluding carboxylic acids is 1. The van der Waals surface area contributed by atoms with Crippen molar-refractivity contribution in [3.8, 4) is 0 Å². The molecule has 5 N–H and O–H groups in total. The van der Waals surface area contributed by atoms with Crippen molar-refractivity contribution < 1.29 is 19.8 Å². The summed E-state index contributed by atoms with van der Waals surface area (Å²) in [5.41, 5.74) is 6.19. The third-order valence-corrected chi connectivity index (χ3v) is 4.31. The maximum absolute atomic E-state index is 10.7. The van der Waals surface area contributed by atoms with E-state index >= 15 is 0 Å². The Morgan fingerprint density at radius 2 is 2.05 bits per heavy atom. The minimum atomic E-state index is -1.15. The van der Waals surface area contributed by atoms with Crippen LogP contribution < -0.4 is 11.1 Å². The van der Waals surface area contributed by atoms with E-state index in [0.29, 0.717) is 17.6 Å². The molecule has 0 aromatic rings. The summed E-state index contributed by atoms with van der Waals surface area (Å²) in [5.74, 6) is -0.486. The normalized spacial score (nSPS) is 21.2. The van der Waals surface area contributed by atoms with Crippen molar-refractivity contribution in [2.45, 2.75) is 57.8 Å². The number of carboxylic acids is 1. The van der Waals surface area contributed by atoms with E-state index < -0.39 is 24.3 Å². The molecule has 1 saturated carbocycles. The highest BCUT2D eigenvalue weighted by Crippen LogP contribution is 2.54. The summed E-state index contributed by atoms with van der Waals surface area (Å²) < 4.78 is 0. The molecule has 1 fully saturated rings. The van der Waals surface area contributed by atoms with Gasteiger partial charge in [0.1, 0.15) is 12.5 Å². The Morgan fingerprint density at radius 3 is 2.48 bits per heavy atom. The number of hydrogen-bond acceptors (Lipinski definition) is 5. The maximum Gasteiger partial charge on any atom is 0.305 e. The van der Waals surface area contributed by atoms with Crippen molar-refractivity contribution in [1.82, 2.24) is 5.32 Å². The SMILES string of the molecule is CC(C)C1(CC=CC(N)C(O)N[C@H](C=O)CC(=O)O)CC1. The molecule has 0 heterocycles. The van der Waals surface area contributed by atoms with Crippen molar-refractivity contribution in [2.75, 3.05) is 0 Å². The molecule has 6 heteroatoms. The first-order valence-electron chi connectivity index (χ1n) is 7.34. The molecule has 120 valence electrons. The summed E-state index contributed by atoms with van der Waals surface area (Å²) in [6.45, 7) is 4.41. The largest absolute Gasteiger partial charge is 0.481 e. The zero-order valence-electron chi connectivity index (χ0n) is 12.7. The van der Waals surface area contributed by atoms with Crippen LogP contribution in [0.4, 0.5) is 0 Å². The fraction of sp³-hybridized carbons (Fsp3) is 0.733. The highest BCUT2D eigenvalue weighted by molar-refractivity contribution is 5.73. The minimum Gasteiger partial charge on any atom is -0.481 e. The lowest BCUT2D eigenvalue weighted by molar-refractivity contribution is -0.138. The molecular weight excluding hydrogens is 272 g/mol. The number of carbonyl (C=O) groups is 2. The topological polar surface area (TPSA) is 113 Å². The average Bonchev–Trinajstić information content (AvgIpc) is 3.18. The first-order chi connectivity index (χ1) is 9.80. The molecule has 0 aromatic carbocycles. The van der Waals surface area contributed by atoms with Crippen molar-refractivity contribution in [1.29, 1.82) is 0 Å². The van der Waals surface area contributed by atoms with Crippen molar-refractivity contribution in [3.63, 3.8) is 0 Å². The van der Waals surface area contributed by atoms with Crippen LogP contribution in [0.2, 0.25) is 0 Å². The number of nitrogens with one attached hydrogen (secondary N) is 1. The monoisotopic (exact) mass is 298 g/mol. The molecule has 1 aliphatic carbocycles. The van der Waals surface area contributed by atoms with Gasteiger partial charge in [-0.2, -0.15) is 0 Å². The van der Waals surface area contributed by atoms with E-state index in [-0.39, 0.29) is 6.42 Å². The van der Waals surface area contributed by atoms with E-state index in [1.54, 1.807) is 6.08 Å².